The molecule has 4 nitrogen and oxygen atoms in total. The van der Waals surface area contributed by atoms with Crippen molar-refractivity contribution in [1.82, 2.24) is 0 Å². The van der Waals surface area contributed by atoms with Crippen molar-refractivity contribution < 1.29 is 19.4 Å². The average Bonchev–Trinajstić information content (AvgIpc) is 2.04. The molecule has 0 aromatic heterocycles. The molecule has 0 aliphatic rings. The van der Waals surface area contributed by atoms with E-state index in [2.05, 4.69) is 0 Å². The van der Waals surface area contributed by atoms with E-state index in [9.17, 15) is 9.59 Å². The Hall–Kier alpha value is -1.06. The first-order valence-electron chi connectivity index (χ1n) is 4.38. The Labute approximate surface area is 77.9 Å². The number of carboxylic acids is 1. The van der Waals surface area contributed by atoms with E-state index in [1.807, 2.05) is 0 Å². The minimum absolute atomic E-state index is 0.324. The van der Waals surface area contributed by atoms with Crippen molar-refractivity contribution in [2.45, 2.75) is 27.2 Å². The molecule has 1 N–H and O–H groups in total. The second-order valence-corrected chi connectivity index (χ2v) is 3.13. The maximum atomic E-state index is 11.1. The van der Waals surface area contributed by atoms with E-state index in [-0.39, 0.29) is 11.9 Å². The number of rotatable bonds is 5. The molecule has 13 heavy (non-hydrogen) atoms. The zero-order chi connectivity index (χ0) is 10.4. The van der Waals surface area contributed by atoms with Crippen LogP contribution in [-0.2, 0) is 14.3 Å². The van der Waals surface area contributed by atoms with Crippen molar-refractivity contribution in [2.75, 3.05) is 6.61 Å². The highest BCUT2D eigenvalue weighted by atomic mass is 16.5. The first-order chi connectivity index (χ1) is 5.99. The van der Waals surface area contributed by atoms with Crippen LogP contribution in [-0.4, -0.2) is 23.7 Å². The highest BCUT2D eigenvalue weighted by Gasteiger charge is 2.20. The highest BCUT2D eigenvalue weighted by Crippen LogP contribution is 2.13. The third kappa shape index (κ3) is 4.50. The quantitative estimate of drug-likeness (QED) is 0.660. The molecule has 2 unspecified atom stereocenters. The van der Waals surface area contributed by atoms with Gasteiger partial charge in [0.1, 0.15) is 0 Å². The van der Waals surface area contributed by atoms with Crippen LogP contribution in [0.1, 0.15) is 27.2 Å². The van der Waals surface area contributed by atoms with E-state index in [0.717, 1.165) is 0 Å². The number of hydrogen-bond donors (Lipinski definition) is 1. The summed E-state index contributed by atoms with van der Waals surface area (Å²) in [6.45, 7) is 5.32. The summed E-state index contributed by atoms with van der Waals surface area (Å²) in [5, 5.41) is 8.59. The Morgan fingerprint density at radius 2 is 1.85 bits per heavy atom. The normalized spacial score (nSPS) is 14.7. The molecule has 0 aliphatic carbocycles. The maximum Gasteiger partial charge on any atom is 0.308 e. The van der Waals surface area contributed by atoms with Gasteiger partial charge < -0.3 is 9.84 Å². The van der Waals surface area contributed by atoms with Gasteiger partial charge in [0.05, 0.1) is 18.4 Å². The molecule has 0 radical (unpaired) electrons. The topological polar surface area (TPSA) is 63.6 Å². The second-order valence-electron chi connectivity index (χ2n) is 3.13. The van der Waals surface area contributed by atoms with E-state index >= 15 is 0 Å². The van der Waals surface area contributed by atoms with Crippen LogP contribution < -0.4 is 0 Å². The fourth-order valence-corrected chi connectivity index (χ4v) is 1.01. The number of carbonyl (C=O) groups is 2. The van der Waals surface area contributed by atoms with Gasteiger partial charge in [-0.1, -0.05) is 13.8 Å². The van der Waals surface area contributed by atoms with Crippen molar-refractivity contribution in [2.24, 2.45) is 11.8 Å². The van der Waals surface area contributed by atoms with Gasteiger partial charge in [0.25, 0.3) is 0 Å². The summed E-state index contributed by atoms with van der Waals surface area (Å²) >= 11 is 0. The monoisotopic (exact) mass is 188 g/mol. The maximum absolute atomic E-state index is 11.1. The van der Waals surface area contributed by atoms with Crippen molar-refractivity contribution in [3.63, 3.8) is 0 Å². The number of carbonyl (C=O) groups excluding carboxylic acids is 1. The summed E-state index contributed by atoms with van der Waals surface area (Å²) in [6.07, 6.45) is 0.328. The molecule has 0 heterocycles. The molecular weight excluding hydrogens is 172 g/mol. The van der Waals surface area contributed by atoms with Gasteiger partial charge in [-0.3, -0.25) is 9.59 Å². The zero-order valence-corrected chi connectivity index (χ0v) is 8.24. The molecule has 0 saturated carbocycles. The van der Waals surface area contributed by atoms with Crippen LogP contribution in [0.4, 0.5) is 0 Å². The van der Waals surface area contributed by atoms with Crippen LogP contribution in [0.5, 0.6) is 0 Å². The number of carboxylic acid groups (broad SMARTS) is 1. The van der Waals surface area contributed by atoms with E-state index in [4.69, 9.17) is 9.84 Å². The van der Waals surface area contributed by atoms with Crippen LogP contribution in [0, 0.1) is 11.8 Å². The van der Waals surface area contributed by atoms with Gasteiger partial charge in [-0.15, -0.1) is 0 Å². The Morgan fingerprint density at radius 3 is 2.23 bits per heavy atom. The molecule has 0 aromatic rings. The Balaban J connectivity index is 3.92. The van der Waals surface area contributed by atoms with Gasteiger partial charge in [-0.05, 0) is 13.3 Å². The van der Waals surface area contributed by atoms with Crippen molar-refractivity contribution >= 4 is 11.9 Å². The predicted octanol–water partition coefficient (Wildman–Crippen LogP) is 1.30. The van der Waals surface area contributed by atoms with Gasteiger partial charge in [-0.25, -0.2) is 0 Å². The first-order valence-corrected chi connectivity index (χ1v) is 4.38. The Kier molecular flexibility index (Phi) is 5.11. The highest BCUT2D eigenvalue weighted by molar-refractivity contribution is 5.74. The van der Waals surface area contributed by atoms with Gasteiger partial charge in [0.2, 0.25) is 0 Å². The van der Waals surface area contributed by atoms with Crippen molar-refractivity contribution in [1.29, 1.82) is 0 Å². The van der Waals surface area contributed by atoms with E-state index in [0.29, 0.717) is 13.0 Å². The number of ether oxygens (including phenoxy) is 1. The third-order valence-corrected chi connectivity index (χ3v) is 1.82. The second kappa shape index (κ2) is 5.56. The summed E-state index contributed by atoms with van der Waals surface area (Å²) in [6, 6.07) is 0. The van der Waals surface area contributed by atoms with Gasteiger partial charge in [-0.2, -0.15) is 0 Å². The van der Waals surface area contributed by atoms with E-state index < -0.39 is 11.9 Å². The Morgan fingerprint density at radius 1 is 1.31 bits per heavy atom. The molecule has 0 aromatic carbocycles. The first kappa shape index (κ1) is 11.9. The molecule has 0 amide bonds. The molecular formula is C9H16O4. The fraction of sp³-hybridized carbons (Fsp3) is 0.778. The summed E-state index contributed by atoms with van der Waals surface area (Å²) in [5.41, 5.74) is 0. The molecule has 0 rings (SSSR count). The number of esters is 1. The van der Waals surface area contributed by atoms with Gasteiger partial charge in [0, 0.05) is 0 Å². The van der Waals surface area contributed by atoms with Gasteiger partial charge in [0.15, 0.2) is 0 Å². The van der Waals surface area contributed by atoms with E-state index in [1.165, 1.54) is 0 Å². The fourth-order valence-electron chi connectivity index (χ4n) is 1.01. The minimum Gasteiger partial charge on any atom is -0.481 e. The van der Waals surface area contributed by atoms with Crippen LogP contribution in [0.15, 0.2) is 0 Å². The van der Waals surface area contributed by atoms with Crippen LogP contribution >= 0.6 is 0 Å². The van der Waals surface area contributed by atoms with Crippen LogP contribution in [0.2, 0.25) is 0 Å². The lowest BCUT2D eigenvalue weighted by Crippen LogP contribution is -2.20. The minimum atomic E-state index is -0.879. The smallest absolute Gasteiger partial charge is 0.308 e. The standard InChI is InChI=1S/C9H16O4/c1-4-13-9(12)7(3)5-6(2)8(10)11/h6-7H,4-5H2,1-3H3,(H,10,11). The molecule has 0 spiro atoms. The summed E-state index contributed by atoms with van der Waals surface area (Å²) < 4.78 is 4.75. The molecule has 76 valence electrons. The molecule has 0 bridgehead atoms. The average molecular weight is 188 g/mol. The lowest BCUT2D eigenvalue weighted by atomic mass is 9.98. The van der Waals surface area contributed by atoms with E-state index in [1.54, 1.807) is 20.8 Å². The molecule has 0 aliphatic heterocycles. The lowest BCUT2D eigenvalue weighted by Gasteiger charge is -2.12. The summed E-state index contributed by atoms with van der Waals surface area (Å²) in [4.78, 5) is 21.5. The predicted molar refractivity (Wildman–Crippen MR) is 47.2 cm³/mol. The molecule has 2 atom stereocenters. The lowest BCUT2D eigenvalue weighted by molar-refractivity contribution is -0.149. The summed E-state index contributed by atoms with van der Waals surface area (Å²) in [7, 11) is 0. The molecule has 4 heteroatoms. The number of hydrogen-bond acceptors (Lipinski definition) is 3. The van der Waals surface area contributed by atoms with Crippen molar-refractivity contribution in [3.05, 3.63) is 0 Å². The Bertz CT molecular complexity index is 188. The zero-order valence-electron chi connectivity index (χ0n) is 8.24. The largest absolute Gasteiger partial charge is 0.481 e. The van der Waals surface area contributed by atoms with Crippen LogP contribution in [0.25, 0.3) is 0 Å². The van der Waals surface area contributed by atoms with Crippen LogP contribution in [0.3, 0.4) is 0 Å². The molecule has 0 saturated heterocycles. The summed E-state index contributed by atoms with van der Waals surface area (Å²) in [5.74, 6) is -2.04. The third-order valence-electron chi connectivity index (χ3n) is 1.82. The number of aliphatic carboxylic acids is 1. The van der Waals surface area contributed by atoms with Gasteiger partial charge >= 0.3 is 11.9 Å². The van der Waals surface area contributed by atoms with Crippen molar-refractivity contribution in [3.8, 4) is 0 Å². The SMILES string of the molecule is CCOC(=O)C(C)CC(C)C(=O)O. The molecule has 0 fully saturated rings.